The van der Waals surface area contributed by atoms with Crippen LogP contribution in [-0.2, 0) is 7.05 Å². The van der Waals surface area contributed by atoms with Gasteiger partial charge in [-0.3, -0.25) is 4.79 Å². The Hall–Kier alpha value is -1.66. The Morgan fingerprint density at radius 3 is 2.86 bits per heavy atom. The van der Waals surface area contributed by atoms with E-state index in [9.17, 15) is 9.90 Å². The average molecular weight is 307 g/mol. The molecule has 1 amide bonds. The van der Waals surface area contributed by atoms with Crippen LogP contribution in [0.25, 0.3) is 11.3 Å². The number of aliphatic hydroxyl groups is 1. The van der Waals surface area contributed by atoms with E-state index in [-0.39, 0.29) is 5.91 Å². The number of aliphatic hydroxyl groups excluding tert-OH is 1. The summed E-state index contributed by atoms with van der Waals surface area (Å²) >= 11 is 1.60. The first kappa shape index (κ1) is 15.7. The summed E-state index contributed by atoms with van der Waals surface area (Å²) in [5, 5.41) is 12.3. The number of hydrogen-bond acceptors (Lipinski definition) is 4. The van der Waals surface area contributed by atoms with Gasteiger partial charge in [-0.15, -0.1) is 11.3 Å². The second kappa shape index (κ2) is 6.41. The average Bonchev–Trinajstić information content (AvgIpc) is 3.01. The quantitative estimate of drug-likeness (QED) is 0.922. The second-order valence-corrected chi connectivity index (χ2v) is 6.40. The standard InChI is InChI=1S/C15H21N3O2S/c1-10(19)5-6-17(3)15(20)14-7-12(8-18(14)4)13-9-21-11(2)16-13/h7-10,19H,5-6H2,1-4H3. The number of carbonyl (C=O) groups excluding carboxylic acids is 1. The minimum Gasteiger partial charge on any atom is -0.393 e. The Kier molecular flexibility index (Phi) is 4.80. The van der Waals surface area contributed by atoms with Crippen molar-refractivity contribution >= 4 is 17.2 Å². The van der Waals surface area contributed by atoms with E-state index in [1.807, 2.05) is 36.2 Å². The van der Waals surface area contributed by atoms with Crippen LogP contribution in [-0.4, -0.2) is 45.2 Å². The van der Waals surface area contributed by atoms with Gasteiger partial charge in [0, 0.05) is 37.8 Å². The lowest BCUT2D eigenvalue weighted by atomic mass is 10.2. The summed E-state index contributed by atoms with van der Waals surface area (Å²) in [6.45, 7) is 4.23. The predicted molar refractivity (Wildman–Crippen MR) is 84.5 cm³/mol. The van der Waals surface area contributed by atoms with Crippen molar-refractivity contribution in [3.05, 3.63) is 28.3 Å². The SMILES string of the molecule is Cc1nc(-c2cc(C(=O)N(C)CCC(C)O)n(C)c2)cs1. The minimum absolute atomic E-state index is 0.0450. The molecular weight excluding hydrogens is 286 g/mol. The molecule has 0 aliphatic carbocycles. The summed E-state index contributed by atoms with van der Waals surface area (Å²) in [4.78, 5) is 18.5. The highest BCUT2D eigenvalue weighted by atomic mass is 32.1. The summed E-state index contributed by atoms with van der Waals surface area (Å²) < 4.78 is 1.82. The number of nitrogens with zero attached hydrogens (tertiary/aromatic N) is 3. The number of rotatable bonds is 5. The van der Waals surface area contributed by atoms with E-state index < -0.39 is 6.10 Å². The van der Waals surface area contributed by atoms with Crippen LogP contribution in [0.3, 0.4) is 0 Å². The van der Waals surface area contributed by atoms with Crippen LogP contribution in [0.1, 0.15) is 28.8 Å². The van der Waals surface area contributed by atoms with Gasteiger partial charge in [-0.1, -0.05) is 0 Å². The molecule has 2 aromatic rings. The maximum absolute atomic E-state index is 12.4. The Morgan fingerprint density at radius 1 is 1.57 bits per heavy atom. The predicted octanol–water partition coefficient (Wildman–Crippen LogP) is 2.30. The zero-order valence-corrected chi connectivity index (χ0v) is 13.6. The van der Waals surface area contributed by atoms with Gasteiger partial charge in [0.05, 0.1) is 16.8 Å². The van der Waals surface area contributed by atoms with Gasteiger partial charge in [-0.05, 0) is 26.3 Å². The summed E-state index contributed by atoms with van der Waals surface area (Å²) in [7, 11) is 3.61. The number of amides is 1. The van der Waals surface area contributed by atoms with Crippen molar-refractivity contribution in [2.45, 2.75) is 26.4 Å². The van der Waals surface area contributed by atoms with Gasteiger partial charge in [0.25, 0.3) is 5.91 Å². The highest BCUT2D eigenvalue weighted by Gasteiger charge is 2.17. The molecule has 2 rings (SSSR count). The van der Waals surface area contributed by atoms with Gasteiger partial charge in [0.15, 0.2) is 0 Å². The van der Waals surface area contributed by atoms with Gasteiger partial charge >= 0.3 is 0 Å². The molecule has 0 radical (unpaired) electrons. The van der Waals surface area contributed by atoms with Gasteiger partial charge in [-0.25, -0.2) is 4.98 Å². The molecule has 114 valence electrons. The Morgan fingerprint density at radius 2 is 2.29 bits per heavy atom. The van der Waals surface area contributed by atoms with Crippen molar-refractivity contribution in [1.29, 1.82) is 0 Å². The van der Waals surface area contributed by atoms with Gasteiger partial charge in [0.2, 0.25) is 0 Å². The molecule has 21 heavy (non-hydrogen) atoms. The maximum Gasteiger partial charge on any atom is 0.270 e. The molecule has 1 unspecified atom stereocenters. The van der Waals surface area contributed by atoms with Gasteiger partial charge in [0.1, 0.15) is 5.69 Å². The molecule has 2 heterocycles. The number of carbonyl (C=O) groups is 1. The maximum atomic E-state index is 12.4. The van der Waals surface area contributed by atoms with Crippen LogP contribution in [0.15, 0.2) is 17.6 Å². The van der Waals surface area contributed by atoms with Crippen molar-refractivity contribution < 1.29 is 9.90 Å². The van der Waals surface area contributed by atoms with Crippen molar-refractivity contribution in [3.63, 3.8) is 0 Å². The molecule has 1 atom stereocenters. The molecule has 5 nitrogen and oxygen atoms in total. The van der Waals surface area contributed by atoms with Crippen LogP contribution in [0.4, 0.5) is 0 Å². The Balaban J connectivity index is 2.17. The second-order valence-electron chi connectivity index (χ2n) is 5.34. The first-order valence-electron chi connectivity index (χ1n) is 6.91. The highest BCUT2D eigenvalue weighted by molar-refractivity contribution is 7.09. The largest absolute Gasteiger partial charge is 0.393 e. The molecule has 0 spiro atoms. The summed E-state index contributed by atoms with van der Waals surface area (Å²) in [5.74, 6) is -0.0450. The zero-order valence-electron chi connectivity index (χ0n) is 12.8. The topological polar surface area (TPSA) is 58.4 Å². The Bertz CT molecular complexity index is 631. The molecule has 2 aromatic heterocycles. The molecule has 0 fully saturated rings. The molecule has 6 heteroatoms. The normalized spacial score (nSPS) is 12.4. The highest BCUT2D eigenvalue weighted by Crippen LogP contribution is 2.24. The number of aromatic nitrogens is 2. The van der Waals surface area contributed by atoms with Crippen molar-refractivity contribution in [2.75, 3.05) is 13.6 Å². The first-order valence-corrected chi connectivity index (χ1v) is 7.79. The monoisotopic (exact) mass is 307 g/mol. The zero-order chi connectivity index (χ0) is 15.6. The summed E-state index contributed by atoms with van der Waals surface area (Å²) in [6.07, 6.45) is 2.09. The summed E-state index contributed by atoms with van der Waals surface area (Å²) in [6, 6.07) is 1.87. The van der Waals surface area contributed by atoms with Crippen LogP contribution in [0.5, 0.6) is 0 Å². The lowest BCUT2D eigenvalue weighted by molar-refractivity contribution is 0.0759. The van der Waals surface area contributed by atoms with Crippen molar-refractivity contribution in [3.8, 4) is 11.3 Å². The fraction of sp³-hybridized carbons (Fsp3) is 0.467. The third-order valence-corrected chi connectivity index (χ3v) is 4.14. The number of aryl methyl sites for hydroxylation is 2. The van der Waals surface area contributed by atoms with Crippen molar-refractivity contribution in [2.24, 2.45) is 7.05 Å². The first-order chi connectivity index (χ1) is 9.88. The smallest absolute Gasteiger partial charge is 0.270 e. The molecule has 1 N–H and O–H groups in total. The summed E-state index contributed by atoms with van der Waals surface area (Å²) in [5.41, 5.74) is 2.48. The molecule has 0 bridgehead atoms. The number of thiazole rings is 1. The molecule has 0 aromatic carbocycles. The van der Waals surface area contributed by atoms with Crippen molar-refractivity contribution in [1.82, 2.24) is 14.5 Å². The van der Waals surface area contributed by atoms with E-state index in [0.29, 0.717) is 18.7 Å². The van der Waals surface area contributed by atoms with E-state index in [4.69, 9.17) is 0 Å². The van der Waals surface area contributed by atoms with Gasteiger partial charge in [-0.2, -0.15) is 0 Å². The fourth-order valence-corrected chi connectivity index (χ4v) is 2.71. The minimum atomic E-state index is -0.401. The molecule has 0 aliphatic heterocycles. The van der Waals surface area contributed by atoms with E-state index in [1.165, 1.54) is 0 Å². The number of hydrogen-bond donors (Lipinski definition) is 1. The third-order valence-electron chi connectivity index (χ3n) is 3.37. The van der Waals surface area contributed by atoms with E-state index in [0.717, 1.165) is 16.3 Å². The van der Waals surface area contributed by atoms with E-state index >= 15 is 0 Å². The molecule has 0 saturated heterocycles. The van der Waals surface area contributed by atoms with E-state index in [2.05, 4.69) is 4.98 Å². The van der Waals surface area contributed by atoms with Crippen LogP contribution >= 0.6 is 11.3 Å². The molecule has 0 saturated carbocycles. The van der Waals surface area contributed by atoms with Crippen LogP contribution in [0, 0.1) is 6.92 Å². The Labute approximate surface area is 128 Å². The fourth-order valence-electron chi connectivity index (χ4n) is 2.09. The lowest BCUT2D eigenvalue weighted by Crippen LogP contribution is -2.30. The van der Waals surface area contributed by atoms with Gasteiger partial charge < -0.3 is 14.6 Å². The molecule has 0 aliphatic rings. The van der Waals surface area contributed by atoms with E-state index in [1.54, 1.807) is 30.2 Å². The molecular formula is C15H21N3O2S. The third kappa shape index (κ3) is 3.71. The van der Waals surface area contributed by atoms with Crippen LogP contribution in [0.2, 0.25) is 0 Å². The van der Waals surface area contributed by atoms with Crippen LogP contribution < -0.4 is 0 Å². The lowest BCUT2D eigenvalue weighted by Gasteiger charge is -2.18.